The van der Waals surface area contributed by atoms with Gasteiger partial charge in [0.2, 0.25) is 10.0 Å². The first-order valence-corrected chi connectivity index (χ1v) is 8.77. The van der Waals surface area contributed by atoms with Crippen molar-refractivity contribution in [3.63, 3.8) is 0 Å². The molecule has 3 unspecified atom stereocenters. The fourth-order valence-corrected chi connectivity index (χ4v) is 4.44. The van der Waals surface area contributed by atoms with Crippen molar-refractivity contribution in [1.29, 1.82) is 0 Å². The van der Waals surface area contributed by atoms with Crippen LogP contribution in [0.2, 0.25) is 0 Å². The van der Waals surface area contributed by atoms with Gasteiger partial charge in [-0.05, 0) is 55.7 Å². The van der Waals surface area contributed by atoms with E-state index in [4.69, 9.17) is 5.73 Å². The maximum Gasteiger partial charge on any atom is 0.241 e. The van der Waals surface area contributed by atoms with Crippen molar-refractivity contribution < 1.29 is 12.8 Å². The molecule has 0 saturated heterocycles. The van der Waals surface area contributed by atoms with Gasteiger partial charge >= 0.3 is 0 Å². The van der Waals surface area contributed by atoms with Gasteiger partial charge in [-0.1, -0.05) is 13.8 Å². The van der Waals surface area contributed by atoms with Crippen LogP contribution >= 0.6 is 0 Å². The molecule has 0 aliphatic heterocycles. The Morgan fingerprint density at radius 1 is 1.24 bits per heavy atom. The Morgan fingerprint density at radius 3 is 2.52 bits per heavy atom. The van der Waals surface area contributed by atoms with Gasteiger partial charge in [0, 0.05) is 6.04 Å². The van der Waals surface area contributed by atoms with Crippen LogP contribution in [0.3, 0.4) is 0 Å². The molecule has 1 aromatic rings. The molecule has 0 heterocycles. The first-order valence-electron chi connectivity index (χ1n) is 7.28. The number of halogens is 1. The lowest BCUT2D eigenvalue weighted by Gasteiger charge is -2.32. The molecule has 0 amide bonds. The zero-order chi connectivity index (χ0) is 15.8. The van der Waals surface area contributed by atoms with Crippen LogP contribution in [0, 0.1) is 24.6 Å². The molecule has 0 radical (unpaired) electrons. The van der Waals surface area contributed by atoms with Crippen molar-refractivity contribution >= 4 is 15.7 Å². The summed E-state index contributed by atoms with van der Waals surface area (Å²) in [7, 11) is -3.67. The number of rotatable bonds is 3. The summed E-state index contributed by atoms with van der Waals surface area (Å²) in [5.74, 6) is 0.520. The number of aryl methyl sites for hydroxylation is 1. The second kappa shape index (κ2) is 5.93. The van der Waals surface area contributed by atoms with E-state index < -0.39 is 15.8 Å². The smallest absolute Gasteiger partial charge is 0.241 e. The van der Waals surface area contributed by atoms with Crippen molar-refractivity contribution in [1.82, 2.24) is 4.72 Å². The zero-order valence-corrected chi connectivity index (χ0v) is 13.5. The van der Waals surface area contributed by atoms with Crippen LogP contribution in [0.25, 0.3) is 0 Å². The molecule has 0 spiro atoms. The number of anilines is 1. The molecule has 1 aliphatic rings. The van der Waals surface area contributed by atoms with Gasteiger partial charge in [-0.3, -0.25) is 0 Å². The first-order chi connectivity index (χ1) is 9.70. The molecular formula is C15H23FN2O2S. The molecule has 1 fully saturated rings. The molecule has 21 heavy (non-hydrogen) atoms. The topological polar surface area (TPSA) is 72.2 Å². The van der Waals surface area contributed by atoms with E-state index in [1.54, 1.807) is 6.92 Å². The van der Waals surface area contributed by atoms with Crippen LogP contribution in [0.4, 0.5) is 10.1 Å². The van der Waals surface area contributed by atoms with Crippen LogP contribution in [0.5, 0.6) is 0 Å². The average Bonchev–Trinajstić information content (AvgIpc) is 2.37. The van der Waals surface area contributed by atoms with Crippen molar-refractivity contribution in [3.8, 4) is 0 Å². The average molecular weight is 314 g/mol. The highest BCUT2D eigenvalue weighted by Gasteiger charge is 2.29. The van der Waals surface area contributed by atoms with E-state index in [9.17, 15) is 12.8 Å². The summed E-state index contributed by atoms with van der Waals surface area (Å²) in [4.78, 5) is 0.0627. The highest BCUT2D eigenvalue weighted by molar-refractivity contribution is 7.89. The highest BCUT2D eigenvalue weighted by Crippen LogP contribution is 2.30. The van der Waals surface area contributed by atoms with Gasteiger partial charge < -0.3 is 5.73 Å². The van der Waals surface area contributed by atoms with Crippen molar-refractivity contribution in [2.24, 2.45) is 11.8 Å². The van der Waals surface area contributed by atoms with Crippen molar-refractivity contribution in [2.45, 2.75) is 51.0 Å². The Hall–Kier alpha value is -1.14. The van der Waals surface area contributed by atoms with Gasteiger partial charge in [0.15, 0.2) is 0 Å². The van der Waals surface area contributed by atoms with Crippen LogP contribution in [0.1, 0.15) is 38.7 Å². The second-order valence-electron chi connectivity index (χ2n) is 6.23. The summed E-state index contributed by atoms with van der Waals surface area (Å²) in [6, 6.07) is 2.30. The monoisotopic (exact) mass is 314 g/mol. The molecule has 3 N–H and O–H groups in total. The van der Waals surface area contributed by atoms with E-state index in [2.05, 4.69) is 18.6 Å². The minimum atomic E-state index is -3.67. The van der Waals surface area contributed by atoms with Gasteiger partial charge in [-0.15, -0.1) is 0 Å². The van der Waals surface area contributed by atoms with E-state index in [1.807, 2.05) is 0 Å². The number of nitrogens with one attached hydrogen (secondary N) is 1. The van der Waals surface area contributed by atoms with Crippen LogP contribution in [-0.2, 0) is 10.0 Å². The molecule has 2 rings (SSSR count). The fourth-order valence-electron chi connectivity index (χ4n) is 2.90. The number of benzene rings is 1. The molecule has 0 aromatic heterocycles. The Kier molecular flexibility index (Phi) is 4.58. The third kappa shape index (κ3) is 3.55. The highest BCUT2D eigenvalue weighted by atomic mass is 32.2. The fraction of sp³-hybridized carbons (Fsp3) is 0.600. The molecule has 1 saturated carbocycles. The van der Waals surface area contributed by atoms with Gasteiger partial charge in [0.05, 0.1) is 10.6 Å². The van der Waals surface area contributed by atoms with Crippen molar-refractivity contribution in [2.75, 3.05) is 5.73 Å². The largest absolute Gasteiger partial charge is 0.396 e. The molecule has 1 aromatic carbocycles. The van der Waals surface area contributed by atoms with Gasteiger partial charge in [-0.2, -0.15) is 0 Å². The molecule has 1 aliphatic carbocycles. The van der Waals surface area contributed by atoms with Crippen LogP contribution in [-0.4, -0.2) is 14.5 Å². The lowest BCUT2D eigenvalue weighted by Crippen LogP contribution is -2.40. The normalized spacial score (nSPS) is 26.8. The van der Waals surface area contributed by atoms with E-state index in [0.717, 1.165) is 25.3 Å². The molecule has 4 nitrogen and oxygen atoms in total. The predicted octanol–water partition coefficient (Wildman–Crippen LogP) is 2.82. The van der Waals surface area contributed by atoms with E-state index >= 15 is 0 Å². The maximum atomic E-state index is 13.4. The first kappa shape index (κ1) is 16.2. The number of nitrogens with two attached hydrogens (primary N) is 1. The maximum absolute atomic E-state index is 13.4. The minimum Gasteiger partial charge on any atom is -0.396 e. The third-order valence-corrected chi connectivity index (χ3v) is 6.17. The van der Waals surface area contributed by atoms with Crippen LogP contribution < -0.4 is 10.5 Å². The summed E-state index contributed by atoms with van der Waals surface area (Å²) in [5, 5.41) is 0. The Bertz CT molecular complexity index is 631. The van der Waals surface area contributed by atoms with E-state index in [1.165, 1.54) is 6.07 Å². The zero-order valence-electron chi connectivity index (χ0n) is 12.7. The van der Waals surface area contributed by atoms with Gasteiger partial charge in [0.1, 0.15) is 5.82 Å². The lowest BCUT2D eigenvalue weighted by molar-refractivity contribution is 0.242. The predicted molar refractivity (Wildman–Crippen MR) is 81.8 cm³/mol. The SMILES string of the molecule is Cc1cc(F)c(N)cc1S(=O)(=O)NC1CCC(C)C(C)C1. The number of hydrogen-bond acceptors (Lipinski definition) is 3. The molecular weight excluding hydrogens is 291 g/mol. The molecule has 6 heteroatoms. The number of hydrogen-bond donors (Lipinski definition) is 2. The standard InChI is InChI=1S/C15H23FN2O2S/c1-9-4-5-12(6-10(9)2)18-21(19,20)15-8-14(17)13(16)7-11(15)3/h7-10,12,18H,4-6,17H2,1-3H3. The summed E-state index contributed by atoms with van der Waals surface area (Å²) in [5.41, 5.74) is 5.71. The second-order valence-corrected chi connectivity index (χ2v) is 7.91. The summed E-state index contributed by atoms with van der Waals surface area (Å²) < 4.78 is 41.1. The Labute approximate surface area is 126 Å². The summed E-state index contributed by atoms with van der Waals surface area (Å²) in [6.45, 7) is 5.91. The van der Waals surface area contributed by atoms with Crippen LogP contribution in [0.15, 0.2) is 17.0 Å². The minimum absolute atomic E-state index is 0.0627. The van der Waals surface area contributed by atoms with E-state index in [0.29, 0.717) is 17.4 Å². The Morgan fingerprint density at radius 2 is 1.90 bits per heavy atom. The van der Waals surface area contributed by atoms with Gasteiger partial charge in [0.25, 0.3) is 0 Å². The molecule has 3 atom stereocenters. The quantitative estimate of drug-likeness (QED) is 0.843. The molecule has 0 bridgehead atoms. The van der Waals surface area contributed by atoms with Gasteiger partial charge in [-0.25, -0.2) is 17.5 Å². The lowest BCUT2D eigenvalue weighted by atomic mass is 9.79. The number of sulfonamides is 1. The third-order valence-electron chi connectivity index (χ3n) is 4.50. The Balaban J connectivity index is 2.21. The molecule has 118 valence electrons. The number of nitrogen functional groups attached to an aromatic ring is 1. The van der Waals surface area contributed by atoms with Crippen molar-refractivity contribution in [3.05, 3.63) is 23.5 Å². The summed E-state index contributed by atoms with van der Waals surface area (Å²) >= 11 is 0. The summed E-state index contributed by atoms with van der Waals surface area (Å²) in [6.07, 6.45) is 2.68. The van der Waals surface area contributed by atoms with E-state index in [-0.39, 0.29) is 16.6 Å².